The van der Waals surface area contributed by atoms with Crippen LogP contribution in [0.5, 0.6) is 0 Å². The molecule has 1 aromatic carbocycles. The summed E-state index contributed by atoms with van der Waals surface area (Å²) in [6.07, 6.45) is 0.300. The highest BCUT2D eigenvalue weighted by atomic mass is 127. The van der Waals surface area contributed by atoms with Gasteiger partial charge in [-0.3, -0.25) is 4.79 Å². The van der Waals surface area contributed by atoms with E-state index in [-0.39, 0.29) is 17.5 Å². The zero-order valence-electron chi connectivity index (χ0n) is 8.79. The van der Waals surface area contributed by atoms with Crippen molar-refractivity contribution in [2.24, 2.45) is 5.92 Å². The number of carbonyl (C=O) groups excluding carboxylic acids is 1. The minimum absolute atomic E-state index is 0.0592. The standard InChI is InChI=1S/C11H10F2INOS/c12-8-2-7(14)3-9(13)11(8)15-4-6(5-17)1-10(15)16/h2-3,6,17H,1,4-5H2. The van der Waals surface area contributed by atoms with Crippen LogP contribution in [0.15, 0.2) is 12.1 Å². The van der Waals surface area contributed by atoms with Crippen molar-refractivity contribution in [1.29, 1.82) is 0 Å². The van der Waals surface area contributed by atoms with Gasteiger partial charge in [0.15, 0.2) is 11.6 Å². The summed E-state index contributed by atoms with van der Waals surface area (Å²) < 4.78 is 27.9. The van der Waals surface area contributed by atoms with E-state index < -0.39 is 11.6 Å². The van der Waals surface area contributed by atoms with Gasteiger partial charge in [0.25, 0.3) is 0 Å². The summed E-state index contributed by atoms with van der Waals surface area (Å²) in [7, 11) is 0. The number of hydrogen-bond donors (Lipinski definition) is 1. The Kier molecular flexibility index (Phi) is 3.92. The molecule has 1 unspecified atom stereocenters. The SMILES string of the molecule is O=C1CC(CS)CN1c1c(F)cc(I)cc1F. The second-order valence-corrected chi connectivity index (χ2v) is 5.59. The summed E-state index contributed by atoms with van der Waals surface area (Å²) in [6.45, 7) is 0.330. The fourth-order valence-electron chi connectivity index (χ4n) is 1.91. The molecule has 0 spiro atoms. The van der Waals surface area contributed by atoms with Crippen LogP contribution in [0.25, 0.3) is 0 Å². The topological polar surface area (TPSA) is 20.3 Å². The predicted molar refractivity (Wildman–Crippen MR) is 73.4 cm³/mol. The van der Waals surface area contributed by atoms with Crippen LogP contribution < -0.4 is 4.90 Å². The average molecular weight is 369 g/mol. The molecule has 1 aromatic rings. The van der Waals surface area contributed by atoms with Gasteiger partial charge in [-0.1, -0.05) is 0 Å². The van der Waals surface area contributed by atoms with E-state index in [1.54, 1.807) is 0 Å². The molecule has 0 saturated carbocycles. The Morgan fingerprint density at radius 3 is 2.47 bits per heavy atom. The van der Waals surface area contributed by atoms with Crippen LogP contribution in [-0.4, -0.2) is 18.2 Å². The lowest BCUT2D eigenvalue weighted by atomic mass is 10.1. The summed E-state index contributed by atoms with van der Waals surface area (Å²) in [5.74, 6) is -1.03. The van der Waals surface area contributed by atoms with Gasteiger partial charge in [0.1, 0.15) is 5.69 Å². The van der Waals surface area contributed by atoms with Crippen molar-refractivity contribution in [3.05, 3.63) is 27.3 Å². The Labute approximate surface area is 117 Å². The molecule has 92 valence electrons. The van der Waals surface area contributed by atoms with E-state index in [1.165, 1.54) is 17.0 Å². The Bertz CT molecular complexity index is 446. The molecule has 1 aliphatic heterocycles. The first-order valence-electron chi connectivity index (χ1n) is 5.08. The molecule has 0 N–H and O–H groups in total. The summed E-state index contributed by atoms with van der Waals surface area (Å²) in [5, 5.41) is 0. The molecule has 0 aliphatic carbocycles. The van der Waals surface area contributed by atoms with Crippen molar-refractivity contribution in [1.82, 2.24) is 0 Å². The van der Waals surface area contributed by atoms with E-state index in [0.717, 1.165) is 0 Å². The number of hydrogen-bond acceptors (Lipinski definition) is 2. The third kappa shape index (κ3) is 2.57. The lowest BCUT2D eigenvalue weighted by molar-refractivity contribution is -0.117. The molecule has 1 heterocycles. The lowest BCUT2D eigenvalue weighted by Gasteiger charge is -2.18. The lowest BCUT2D eigenvalue weighted by Crippen LogP contribution is -2.27. The Morgan fingerprint density at radius 1 is 1.41 bits per heavy atom. The normalized spacial score (nSPS) is 20.1. The first-order chi connectivity index (χ1) is 8.02. The van der Waals surface area contributed by atoms with Gasteiger partial charge in [-0.15, -0.1) is 0 Å². The fraction of sp³-hybridized carbons (Fsp3) is 0.364. The highest BCUT2D eigenvalue weighted by Crippen LogP contribution is 2.31. The number of thiol groups is 1. The molecule has 1 atom stereocenters. The van der Waals surface area contributed by atoms with Crippen LogP contribution in [0.1, 0.15) is 6.42 Å². The summed E-state index contributed by atoms with van der Waals surface area (Å²) in [5.41, 5.74) is -0.236. The number of amides is 1. The van der Waals surface area contributed by atoms with E-state index in [0.29, 0.717) is 22.3 Å². The van der Waals surface area contributed by atoms with Crippen LogP contribution >= 0.6 is 35.2 Å². The van der Waals surface area contributed by atoms with Gasteiger partial charge in [0.05, 0.1) is 0 Å². The van der Waals surface area contributed by atoms with Crippen molar-refractivity contribution in [3.63, 3.8) is 0 Å². The Balaban J connectivity index is 2.38. The summed E-state index contributed by atoms with van der Waals surface area (Å²) in [6, 6.07) is 2.44. The van der Waals surface area contributed by atoms with Crippen LogP contribution in [-0.2, 0) is 4.79 Å². The van der Waals surface area contributed by atoms with Gasteiger partial charge in [-0.25, -0.2) is 8.78 Å². The van der Waals surface area contributed by atoms with Gasteiger partial charge in [0, 0.05) is 16.5 Å². The molecule has 2 nitrogen and oxygen atoms in total. The smallest absolute Gasteiger partial charge is 0.227 e. The number of nitrogens with zero attached hydrogens (tertiary/aromatic N) is 1. The Morgan fingerprint density at radius 2 is 2.00 bits per heavy atom. The van der Waals surface area contributed by atoms with Crippen LogP contribution in [0, 0.1) is 21.1 Å². The maximum atomic E-state index is 13.7. The highest BCUT2D eigenvalue weighted by molar-refractivity contribution is 14.1. The maximum Gasteiger partial charge on any atom is 0.227 e. The molecule has 0 radical (unpaired) electrons. The van der Waals surface area contributed by atoms with Crippen LogP contribution in [0.3, 0.4) is 0 Å². The van der Waals surface area contributed by atoms with E-state index in [2.05, 4.69) is 12.6 Å². The second kappa shape index (κ2) is 5.09. The molecule has 1 amide bonds. The maximum absolute atomic E-state index is 13.7. The molecular formula is C11H10F2INOS. The van der Waals surface area contributed by atoms with Crippen LogP contribution in [0.4, 0.5) is 14.5 Å². The molecule has 17 heavy (non-hydrogen) atoms. The molecule has 1 aliphatic rings. The molecule has 0 aromatic heterocycles. The van der Waals surface area contributed by atoms with Gasteiger partial charge >= 0.3 is 0 Å². The van der Waals surface area contributed by atoms with E-state index >= 15 is 0 Å². The number of carbonyl (C=O) groups is 1. The average Bonchev–Trinajstić information content (AvgIpc) is 2.59. The van der Waals surface area contributed by atoms with E-state index in [4.69, 9.17) is 0 Å². The van der Waals surface area contributed by atoms with E-state index in [1.807, 2.05) is 22.6 Å². The number of rotatable bonds is 2. The second-order valence-electron chi connectivity index (χ2n) is 3.98. The van der Waals surface area contributed by atoms with Crippen molar-refractivity contribution >= 4 is 46.8 Å². The summed E-state index contributed by atoms with van der Waals surface area (Å²) in [4.78, 5) is 12.9. The van der Waals surface area contributed by atoms with Crippen molar-refractivity contribution in [2.45, 2.75) is 6.42 Å². The summed E-state index contributed by atoms with van der Waals surface area (Å²) >= 11 is 5.94. The van der Waals surface area contributed by atoms with Gasteiger partial charge < -0.3 is 4.90 Å². The molecular weight excluding hydrogens is 359 g/mol. The predicted octanol–water partition coefficient (Wildman–Crippen LogP) is 2.85. The molecule has 0 bridgehead atoms. The van der Waals surface area contributed by atoms with Crippen LogP contribution in [0.2, 0.25) is 0 Å². The number of halogens is 3. The molecule has 1 fully saturated rings. The first-order valence-corrected chi connectivity index (χ1v) is 6.79. The fourth-order valence-corrected chi connectivity index (χ4v) is 2.70. The molecule has 1 saturated heterocycles. The minimum atomic E-state index is -0.692. The Hall–Kier alpha value is -0.370. The third-order valence-electron chi connectivity index (χ3n) is 2.71. The van der Waals surface area contributed by atoms with Gasteiger partial charge in [-0.2, -0.15) is 12.6 Å². The third-order valence-corrected chi connectivity index (χ3v) is 3.85. The molecule has 2 rings (SSSR count). The number of benzene rings is 1. The van der Waals surface area contributed by atoms with Crippen molar-refractivity contribution in [2.75, 3.05) is 17.2 Å². The first kappa shape index (κ1) is 13.1. The van der Waals surface area contributed by atoms with E-state index in [9.17, 15) is 13.6 Å². The largest absolute Gasteiger partial charge is 0.307 e. The zero-order valence-corrected chi connectivity index (χ0v) is 11.8. The minimum Gasteiger partial charge on any atom is -0.307 e. The zero-order chi connectivity index (χ0) is 12.6. The van der Waals surface area contributed by atoms with Crippen molar-refractivity contribution < 1.29 is 13.6 Å². The number of anilines is 1. The quantitative estimate of drug-likeness (QED) is 0.628. The molecule has 6 heteroatoms. The van der Waals surface area contributed by atoms with Gasteiger partial charge in [-0.05, 0) is 46.4 Å². The monoisotopic (exact) mass is 369 g/mol. The highest BCUT2D eigenvalue weighted by Gasteiger charge is 2.33. The van der Waals surface area contributed by atoms with Crippen molar-refractivity contribution in [3.8, 4) is 0 Å². The van der Waals surface area contributed by atoms with Gasteiger partial charge in [0.2, 0.25) is 5.91 Å².